The summed E-state index contributed by atoms with van der Waals surface area (Å²) in [5.74, 6) is 0.117. The predicted molar refractivity (Wildman–Crippen MR) is 58.6 cm³/mol. The number of nitrogens with zero attached hydrogens (tertiary/aromatic N) is 1. The molecule has 0 aromatic carbocycles. The van der Waals surface area contributed by atoms with E-state index in [9.17, 15) is 4.79 Å². The van der Waals surface area contributed by atoms with Crippen molar-refractivity contribution in [3.05, 3.63) is 0 Å². The maximum absolute atomic E-state index is 11.5. The van der Waals surface area contributed by atoms with E-state index < -0.39 is 5.92 Å². The molecule has 0 aromatic heterocycles. The Kier molecular flexibility index (Phi) is 7.00. The lowest BCUT2D eigenvalue weighted by atomic mass is 10.1. The van der Waals surface area contributed by atoms with Gasteiger partial charge in [-0.15, -0.1) is 0 Å². The average molecular weight is 219 g/mol. The van der Waals surface area contributed by atoms with Gasteiger partial charge in [-0.25, -0.2) is 0 Å². The number of nitrogens with one attached hydrogen (secondary N) is 1. The van der Waals surface area contributed by atoms with Crippen LogP contribution in [0.3, 0.4) is 0 Å². The third-order valence-corrected chi connectivity index (χ3v) is 2.42. The Morgan fingerprint density at radius 2 is 2.36 bits per heavy atom. The van der Waals surface area contributed by atoms with E-state index in [4.69, 9.17) is 10.9 Å². The number of carbonyl (C=O) groups excluding carboxylic acids is 1. The van der Waals surface area contributed by atoms with Gasteiger partial charge in [-0.05, 0) is 12.7 Å². The van der Waals surface area contributed by atoms with Crippen LogP contribution in [0, 0.1) is 5.92 Å². The highest BCUT2D eigenvalue weighted by molar-refractivity contribution is 7.98. The SMILES string of the molecule is CCC(C(=O)NCCSC)C(N)=NO. The highest BCUT2D eigenvalue weighted by atomic mass is 32.2. The van der Waals surface area contributed by atoms with Gasteiger partial charge in [0.2, 0.25) is 5.91 Å². The van der Waals surface area contributed by atoms with Crippen LogP contribution >= 0.6 is 11.8 Å². The van der Waals surface area contributed by atoms with Gasteiger partial charge in [-0.3, -0.25) is 4.79 Å². The summed E-state index contributed by atoms with van der Waals surface area (Å²) in [6, 6.07) is 0. The molecular formula is C8H17N3O2S. The fourth-order valence-corrected chi connectivity index (χ4v) is 1.30. The number of thioether (sulfide) groups is 1. The maximum atomic E-state index is 11.5. The Balaban J connectivity index is 4.05. The Morgan fingerprint density at radius 1 is 1.71 bits per heavy atom. The van der Waals surface area contributed by atoms with Crippen LogP contribution in [-0.2, 0) is 4.79 Å². The molecule has 82 valence electrons. The summed E-state index contributed by atoms with van der Waals surface area (Å²) in [7, 11) is 0. The van der Waals surface area contributed by atoms with Gasteiger partial charge >= 0.3 is 0 Å². The van der Waals surface area contributed by atoms with Crippen molar-refractivity contribution < 1.29 is 10.0 Å². The zero-order valence-corrected chi connectivity index (χ0v) is 9.30. The maximum Gasteiger partial charge on any atom is 0.230 e. The van der Waals surface area contributed by atoms with Gasteiger partial charge in [0.25, 0.3) is 0 Å². The Morgan fingerprint density at radius 3 is 2.79 bits per heavy atom. The Hall–Kier alpha value is -0.910. The lowest BCUT2D eigenvalue weighted by Crippen LogP contribution is -2.39. The fraction of sp³-hybridized carbons (Fsp3) is 0.750. The van der Waals surface area contributed by atoms with Crippen molar-refractivity contribution in [2.45, 2.75) is 13.3 Å². The molecule has 0 aliphatic heterocycles. The number of hydrogen-bond acceptors (Lipinski definition) is 4. The number of nitrogens with two attached hydrogens (primary N) is 1. The molecule has 0 aliphatic rings. The summed E-state index contributed by atoms with van der Waals surface area (Å²) in [5, 5.41) is 14.0. The van der Waals surface area contributed by atoms with Gasteiger partial charge in [0.05, 0.1) is 5.92 Å². The quantitative estimate of drug-likeness (QED) is 0.196. The Labute approximate surface area is 88.1 Å². The van der Waals surface area contributed by atoms with Gasteiger partial charge in [-0.1, -0.05) is 12.1 Å². The topological polar surface area (TPSA) is 87.7 Å². The molecule has 0 aliphatic carbocycles. The van der Waals surface area contributed by atoms with E-state index in [1.807, 2.05) is 13.2 Å². The molecular weight excluding hydrogens is 202 g/mol. The van der Waals surface area contributed by atoms with Crippen LogP contribution in [0.1, 0.15) is 13.3 Å². The molecule has 0 saturated heterocycles. The lowest BCUT2D eigenvalue weighted by Gasteiger charge is -2.12. The molecule has 1 unspecified atom stereocenters. The largest absolute Gasteiger partial charge is 0.409 e. The number of hydrogen-bond donors (Lipinski definition) is 3. The van der Waals surface area contributed by atoms with Crippen molar-refractivity contribution in [3.8, 4) is 0 Å². The molecule has 0 aromatic rings. The molecule has 0 fully saturated rings. The highest BCUT2D eigenvalue weighted by Gasteiger charge is 2.20. The minimum atomic E-state index is -0.526. The third-order valence-electron chi connectivity index (χ3n) is 1.80. The van der Waals surface area contributed by atoms with E-state index in [1.165, 1.54) is 0 Å². The second-order valence-electron chi connectivity index (χ2n) is 2.77. The molecule has 1 amide bonds. The standard InChI is InChI=1S/C8H17N3O2S/c1-3-6(7(9)11-13)8(12)10-4-5-14-2/h6,13H,3-5H2,1-2H3,(H2,9,11)(H,10,12). The Bertz CT molecular complexity index is 209. The van der Waals surface area contributed by atoms with Crippen molar-refractivity contribution in [3.63, 3.8) is 0 Å². The number of amidine groups is 1. The zero-order chi connectivity index (χ0) is 11.0. The molecule has 6 heteroatoms. The molecule has 0 spiro atoms. The smallest absolute Gasteiger partial charge is 0.230 e. The molecule has 0 radical (unpaired) electrons. The second kappa shape index (κ2) is 7.49. The number of oxime groups is 1. The molecule has 0 rings (SSSR count). The van der Waals surface area contributed by atoms with Gasteiger partial charge < -0.3 is 16.3 Å². The van der Waals surface area contributed by atoms with Crippen molar-refractivity contribution in [2.24, 2.45) is 16.8 Å². The monoisotopic (exact) mass is 219 g/mol. The van der Waals surface area contributed by atoms with Crippen LogP contribution in [0.4, 0.5) is 0 Å². The summed E-state index contributed by atoms with van der Waals surface area (Å²) in [4.78, 5) is 11.5. The van der Waals surface area contributed by atoms with Crippen LogP contribution < -0.4 is 11.1 Å². The predicted octanol–water partition coefficient (Wildman–Crippen LogP) is 0.238. The first kappa shape index (κ1) is 13.1. The van der Waals surface area contributed by atoms with E-state index in [0.29, 0.717) is 13.0 Å². The van der Waals surface area contributed by atoms with Gasteiger partial charge in [0.15, 0.2) is 5.84 Å². The van der Waals surface area contributed by atoms with E-state index in [-0.39, 0.29) is 11.7 Å². The first-order chi connectivity index (χ1) is 6.67. The van der Waals surface area contributed by atoms with Crippen molar-refractivity contribution in [1.29, 1.82) is 0 Å². The van der Waals surface area contributed by atoms with Crippen LogP contribution in [0.2, 0.25) is 0 Å². The highest BCUT2D eigenvalue weighted by Crippen LogP contribution is 2.02. The summed E-state index contributed by atoms with van der Waals surface area (Å²) in [6.07, 6.45) is 2.49. The minimum absolute atomic E-state index is 0.0332. The fourth-order valence-electron chi connectivity index (χ4n) is 0.998. The van der Waals surface area contributed by atoms with Crippen LogP contribution in [0.15, 0.2) is 5.16 Å². The first-order valence-corrected chi connectivity index (χ1v) is 5.80. The average Bonchev–Trinajstić information content (AvgIpc) is 2.19. The van der Waals surface area contributed by atoms with E-state index in [1.54, 1.807) is 11.8 Å². The van der Waals surface area contributed by atoms with E-state index in [2.05, 4.69) is 10.5 Å². The summed E-state index contributed by atoms with van der Waals surface area (Å²) in [6.45, 7) is 2.42. The van der Waals surface area contributed by atoms with Gasteiger partial charge in [0, 0.05) is 12.3 Å². The molecule has 4 N–H and O–H groups in total. The molecule has 1 atom stereocenters. The summed E-state index contributed by atoms with van der Waals surface area (Å²) in [5.41, 5.74) is 5.37. The van der Waals surface area contributed by atoms with Crippen LogP contribution in [-0.4, -0.2) is 35.5 Å². The molecule has 0 saturated carbocycles. The van der Waals surface area contributed by atoms with Crippen molar-refractivity contribution in [2.75, 3.05) is 18.6 Å². The first-order valence-electron chi connectivity index (χ1n) is 4.41. The molecule has 14 heavy (non-hydrogen) atoms. The normalized spacial score (nSPS) is 13.7. The minimum Gasteiger partial charge on any atom is -0.409 e. The van der Waals surface area contributed by atoms with Crippen molar-refractivity contribution in [1.82, 2.24) is 5.32 Å². The molecule has 0 bridgehead atoms. The molecule has 5 nitrogen and oxygen atoms in total. The van der Waals surface area contributed by atoms with Crippen molar-refractivity contribution >= 4 is 23.5 Å². The number of carbonyl (C=O) groups is 1. The number of amides is 1. The number of rotatable bonds is 6. The molecule has 0 heterocycles. The lowest BCUT2D eigenvalue weighted by molar-refractivity contribution is -0.123. The summed E-state index contributed by atoms with van der Waals surface area (Å²) >= 11 is 1.65. The zero-order valence-electron chi connectivity index (χ0n) is 8.49. The van der Waals surface area contributed by atoms with E-state index >= 15 is 0 Å². The summed E-state index contributed by atoms with van der Waals surface area (Å²) < 4.78 is 0. The van der Waals surface area contributed by atoms with Crippen LogP contribution in [0.25, 0.3) is 0 Å². The van der Waals surface area contributed by atoms with Crippen LogP contribution in [0.5, 0.6) is 0 Å². The van der Waals surface area contributed by atoms with Gasteiger partial charge in [-0.2, -0.15) is 11.8 Å². The van der Waals surface area contributed by atoms with Gasteiger partial charge in [0.1, 0.15) is 0 Å². The van der Waals surface area contributed by atoms with E-state index in [0.717, 1.165) is 5.75 Å². The second-order valence-corrected chi connectivity index (χ2v) is 3.76. The third kappa shape index (κ3) is 4.36.